The Kier molecular flexibility index (Phi) is 3.26. The highest BCUT2D eigenvalue weighted by Crippen LogP contribution is 2.17. The van der Waals surface area contributed by atoms with Gasteiger partial charge in [0.05, 0.1) is 0 Å². The average molecular weight is 202 g/mol. The first-order valence-corrected chi connectivity index (χ1v) is 3.93. The van der Waals surface area contributed by atoms with Crippen LogP contribution in [0.4, 0.5) is 0 Å². The quantitative estimate of drug-likeness (QED) is 0.419. The third kappa shape index (κ3) is 2.32. The van der Waals surface area contributed by atoms with Gasteiger partial charge in [0.2, 0.25) is 0 Å². The van der Waals surface area contributed by atoms with Crippen LogP contribution in [0.3, 0.4) is 0 Å². The fourth-order valence-corrected chi connectivity index (χ4v) is 1.10. The largest absolute Gasteiger partial charge is 0.299 e. The van der Waals surface area contributed by atoms with Crippen LogP contribution in [0.2, 0.25) is 10.3 Å². The maximum atomic E-state index is 9.98. The second kappa shape index (κ2) is 4.24. The molecule has 0 unspecified atom stereocenters. The van der Waals surface area contributed by atoms with E-state index < -0.39 is 0 Å². The third-order valence-corrected chi connectivity index (χ3v) is 1.71. The number of aldehydes is 1. The lowest BCUT2D eigenvalue weighted by atomic mass is 10.3. The van der Waals surface area contributed by atoms with E-state index in [1.54, 1.807) is 18.2 Å². The number of aromatic nitrogens is 1. The van der Waals surface area contributed by atoms with E-state index in [0.717, 1.165) is 0 Å². The molecule has 0 spiro atoms. The molecule has 0 amide bonds. The van der Waals surface area contributed by atoms with Gasteiger partial charge in [-0.15, -0.1) is 0 Å². The van der Waals surface area contributed by atoms with Crippen LogP contribution in [-0.4, -0.2) is 11.3 Å². The molecule has 0 aliphatic heterocycles. The molecule has 0 radical (unpaired) electrons. The number of hydrogen-bond acceptors (Lipinski definition) is 2. The van der Waals surface area contributed by atoms with Crippen LogP contribution < -0.4 is 0 Å². The molecule has 1 aromatic rings. The van der Waals surface area contributed by atoms with Gasteiger partial charge in [0.15, 0.2) is 0 Å². The molecule has 1 aromatic heterocycles. The standard InChI is InChI=1S/C8H5Cl2NO/c9-7-4-3-6(2-1-5-12)8(10)11-7/h1-5H. The van der Waals surface area contributed by atoms with Gasteiger partial charge in [0, 0.05) is 5.56 Å². The number of carbonyl (C=O) groups excluding carboxylic acids is 1. The molecule has 0 fully saturated rings. The predicted octanol–water partition coefficient (Wildman–Crippen LogP) is 2.60. The zero-order valence-electron chi connectivity index (χ0n) is 6.00. The van der Waals surface area contributed by atoms with Crippen LogP contribution in [-0.2, 0) is 4.79 Å². The molecular weight excluding hydrogens is 197 g/mol. The normalized spacial score (nSPS) is 10.5. The molecular formula is C8H5Cl2NO. The molecule has 62 valence electrons. The summed E-state index contributed by atoms with van der Waals surface area (Å²) in [6.07, 6.45) is 3.58. The van der Waals surface area contributed by atoms with Crippen molar-refractivity contribution in [2.24, 2.45) is 0 Å². The molecule has 0 N–H and O–H groups in total. The lowest BCUT2D eigenvalue weighted by Crippen LogP contribution is -1.80. The van der Waals surface area contributed by atoms with E-state index in [0.29, 0.717) is 22.2 Å². The Hall–Kier alpha value is -0.860. The van der Waals surface area contributed by atoms with Crippen molar-refractivity contribution in [3.63, 3.8) is 0 Å². The number of halogens is 2. The summed E-state index contributed by atoms with van der Waals surface area (Å²) < 4.78 is 0. The number of pyridine rings is 1. The molecule has 2 nitrogen and oxygen atoms in total. The van der Waals surface area contributed by atoms with Gasteiger partial charge in [0.25, 0.3) is 0 Å². The van der Waals surface area contributed by atoms with E-state index in [-0.39, 0.29) is 0 Å². The molecule has 0 saturated heterocycles. The molecule has 0 saturated carbocycles. The Morgan fingerprint density at radius 3 is 2.67 bits per heavy atom. The third-order valence-electron chi connectivity index (χ3n) is 1.20. The molecule has 0 aliphatic carbocycles. The maximum absolute atomic E-state index is 9.98. The SMILES string of the molecule is O=CC=Cc1ccc(Cl)nc1Cl. The van der Waals surface area contributed by atoms with Crippen molar-refractivity contribution in [2.75, 3.05) is 0 Å². The molecule has 0 aliphatic rings. The Bertz CT molecular complexity index is 323. The minimum atomic E-state index is 0.292. The van der Waals surface area contributed by atoms with Gasteiger partial charge >= 0.3 is 0 Å². The van der Waals surface area contributed by atoms with Crippen molar-refractivity contribution < 1.29 is 4.79 Å². The molecule has 0 aromatic carbocycles. The molecule has 1 rings (SSSR count). The van der Waals surface area contributed by atoms with Gasteiger partial charge in [-0.2, -0.15) is 0 Å². The number of nitrogens with zero attached hydrogens (tertiary/aromatic N) is 1. The smallest absolute Gasteiger partial charge is 0.142 e. The van der Waals surface area contributed by atoms with Crippen molar-refractivity contribution in [3.8, 4) is 0 Å². The fourth-order valence-electron chi connectivity index (χ4n) is 0.690. The monoisotopic (exact) mass is 201 g/mol. The van der Waals surface area contributed by atoms with Crippen LogP contribution in [0.1, 0.15) is 5.56 Å². The molecule has 0 bridgehead atoms. The highest BCUT2D eigenvalue weighted by atomic mass is 35.5. The van der Waals surface area contributed by atoms with Crippen LogP contribution >= 0.6 is 23.2 Å². The summed E-state index contributed by atoms with van der Waals surface area (Å²) in [4.78, 5) is 13.8. The summed E-state index contributed by atoms with van der Waals surface area (Å²) in [5.41, 5.74) is 0.674. The Morgan fingerprint density at radius 1 is 1.33 bits per heavy atom. The van der Waals surface area contributed by atoms with Crippen molar-refractivity contribution in [3.05, 3.63) is 34.1 Å². The van der Waals surface area contributed by atoms with Gasteiger partial charge in [-0.1, -0.05) is 23.2 Å². The van der Waals surface area contributed by atoms with Gasteiger partial charge in [-0.25, -0.2) is 4.98 Å². The molecule has 0 atom stereocenters. The first-order chi connectivity index (χ1) is 5.74. The fraction of sp³-hybridized carbons (Fsp3) is 0. The van der Waals surface area contributed by atoms with Gasteiger partial charge in [0.1, 0.15) is 16.6 Å². The number of rotatable bonds is 2. The summed E-state index contributed by atoms with van der Waals surface area (Å²) in [6.45, 7) is 0. The average Bonchev–Trinajstić information content (AvgIpc) is 2.03. The van der Waals surface area contributed by atoms with E-state index in [9.17, 15) is 4.79 Å². The number of allylic oxidation sites excluding steroid dienone is 1. The highest BCUT2D eigenvalue weighted by Gasteiger charge is 1.97. The lowest BCUT2D eigenvalue weighted by Gasteiger charge is -1.95. The van der Waals surface area contributed by atoms with Crippen molar-refractivity contribution in [1.29, 1.82) is 0 Å². The minimum absolute atomic E-state index is 0.292. The van der Waals surface area contributed by atoms with Crippen molar-refractivity contribution >= 4 is 35.6 Å². The van der Waals surface area contributed by atoms with Crippen LogP contribution in [0.5, 0.6) is 0 Å². The summed E-state index contributed by atoms with van der Waals surface area (Å²) in [7, 11) is 0. The zero-order valence-corrected chi connectivity index (χ0v) is 7.51. The zero-order chi connectivity index (χ0) is 8.97. The first kappa shape index (κ1) is 9.23. The molecule has 4 heteroatoms. The van der Waals surface area contributed by atoms with E-state index >= 15 is 0 Å². The Balaban J connectivity index is 3.01. The predicted molar refractivity (Wildman–Crippen MR) is 49.4 cm³/mol. The van der Waals surface area contributed by atoms with Crippen molar-refractivity contribution in [1.82, 2.24) is 4.98 Å². The highest BCUT2D eigenvalue weighted by molar-refractivity contribution is 6.33. The van der Waals surface area contributed by atoms with Gasteiger partial charge in [-0.05, 0) is 24.3 Å². The summed E-state index contributed by atoms with van der Waals surface area (Å²) in [5.74, 6) is 0. The number of hydrogen-bond donors (Lipinski definition) is 0. The van der Waals surface area contributed by atoms with E-state index in [2.05, 4.69) is 4.98 Å². The minimum Gasteiger partial charge on any atom is -0.299 e. The summed E-state index contributed by atoms with van der Waals surface area (Å²) in [6, 6.07) is 3.30. The van der Waals surface area contributed by atoms with Crippen LogP contribution in [0.25, 0.3) is 6.08 Å². The van der Waals surface area contributed by atoms with E-state index in [1.807, 2.05) is 0 Å². The van der Waals surface area contributed by atoms with Crippen LogP contribution in [0, 0.1) is 0 Å². The molecule has 12 heavy (non-hydrogen) atoms. The Labute approximate surface area is 79.8 Å². The lowest BCUT2D eigenvalue weighted by molar-refractivity contribution is -0.104. The topological polar surface area (TPSA) is 30.0 Å². The summed E-state index contributed by atoms with van der Waals surface area (Å²) in [5, 5.41) is 0.629. The maximum Gasteiger partial charge on any atom is 0.142 e. The second-order valence-electron chi connectivity index (χ2n) is 2.01. The second-order valence-corrected chi connectivity index (χ2v) is 2.75. The van der Waals surface area contributed by atoms with Gasteiger partial charge in [-0.3, -0.25) is 4.79 Å². The van der Waals surface area contributed by atoms with E-state index in [4.69, 9.17) is 23.2 Å². The van der Waals surface area contributed by atoms with Gasteiger partial charge < -0.3 is 0 Å². The van der Waals surface area contributed by atoms with Crippen molar-refractivity contribution in [2.45, 2.75) is 0 Å². The van der Waals surface area contributed by atoms with Crippen LogP contribution in [0.15, 0.2) is 18.2 Å². The number of carbonyl (C=O) groups is 1. The van der Waals surface area contributed by atoms with E-state index in [1.165, 1.54) is 6.08 Å². The Morgan fingerprint density at radius 2 is 2.08 bits per heavy atom. The molecule has 1 heterocycles. The first-order valence-electron chi connectivity index (χ1n) is 3.18. The summed E-state index contributed by atoms with van der Waals surface area (Å²) >= 11 is 11.3.